The monoisotopic (exact) mass is 316 g/mol. The van der Waals surface area contributed by atoms with Gasteiger partial charge in [-0.25, -0.2) is 9.97 Å². The van der Waals surface area contributed by atoms with Crippen LogP contribution in [0.5, 0.6) is 0 Å². The highest BCUT2D eigenvalue weighted by molar-refractivity contribution is 5.78. The van der Waals surface area contributed by atoms with Crippen molar-refractivity contribution in [2.24, 2.45) is 0 Å². The SMILES string of the molecule is Cc1nc(CCNC(=O)CN2CCCCCC2)nc2c1CCC2. The van der Waals surface area contributed by atoms with Crippen LogP contribution >= 0.6 is 0 Å². The van der Waals surface area contributed by atoms with Crippen LogP contribution in [-0.2, 0) is 24.1 Å². The number of nitrogens with zero attached hydrogens (tertiary/aromatic N) is 3. The number of carbonyl (C=O) groups is 1. The molecule has 5 heteroatoms. The Morgan fingerprint density at radius 3 is 2.65 bits per heavy atom. The maximum atomic E-state index is 12.1. The average Bonchev–Trinajstić information content (AvgIpc) is 2.85. The number of aromatic nitrogens is 2. The van der Waals surface area contributed by atoms with E-state index in [1.165, 1.54) is 43.4 Å². The summed E-state index contributed by atoms with van der Waals surface area (Å²) >= 11 is 0. The van der Waals surface area contributed by atoms with Crippen molar-refractivity contribution in [1.82, 2.24) is 20.2 Å². The van der Waals surface area contributed by atoms with Gasteiger partial charge < -0.3 is 5.32 Å². The summed E-state index contributed by atoms with van der Waals surface area (Å²) in [5, 5.41) is 3.03. The standard InChI is InChI=1S/C18H28N4O/c1-14-15-7-6-8-16(15)21-17(20-14)9-10-19-18(23)13-22-11-4-2-3-5-12-22/h2-13H2,1H3,(H,19,23). The molecule has 3 rings (SSSR count). The Hall–Kier alpha value is -1.49. The Bertz CT molecular complexity index is 550. The Morgan fingerprint density at radius 1 is 1.09 bits per heavy atom. The van der Waals surface area contributed by atoms with Gasteiger partial charge in [0, 0.05) is 24.4 Å². The molecule has 0 spiro atoms. The molecule has 0 radical (unpaired) electrons. The first-order valence-electron chi connectivity index (χ1n) is 9.07. The number of hydrogen-bond donors (Lipinski definition) is 1. The van der Waals surface area contributed by atoms with Crippen molar-refractivity contribution < 1.29 is 4.79 Å². The van der Waals surface area contributed by atoms with Crippen LogP contribution in [0.2, 0.25) is 0 Å². The molecule has 126 valence electrons. The lowest BCUT2D eigenvalue weighted by Crippen LogP contribution is -2.38. The molecule has 1 fully saturated rings. The van der Waals surface area contributed by atoms with Gasteiger partial charge in [-0.1, -0.05) is 12.8 Å². The van der Waals surface area contributed by atoms with E-state index in [-0.39, 0.29) is 5.91 Å². The minimum atomic E-state index is 0.129. The van der Waals surface area contributed by atoms with Crippen molar-refractivity contribution in [3.8, 4) is 0 Å². The van der Waals surface area contributed by atoms with Crippen molar-refractivity contribution in [1.29, 1.82) is 0 Å². The minimum Gasteiger partial charge on any atom is -0.355 e. The summed E-state index contributed by atoms with van der Waals surface area (Å²) in [5.74, 6) is 1.00. The average molecular weight is 316 g/mol. The number of rotatable bonds is 5. The van der Waals surface area contributed by atoms with E-state index in [0.29, 0.717) is 13.1 Å². The van der Waals surface area contributed by atoms with E-state index in [4.69, 9.17) is 0 Å². The topological polar surface area (TPSA) is 58.1 Å². The van der Waals surface area contributed by atoms with Gasteiger partial charge in [-0.05, 0) is 57.7 Å². The van der Waals surface area contributed by atoms with Gasteiger partial charge in [-0.15, -0.1) is 0 Å². The summed E-state index contributed by atoms with van der Waals surface area (Å²) in [4.78, 5) is 23.6. The molecular formula is C18H28N4O. The third kappa shape index (κ3) is 4.50. The van der Waals surface area contributed by atoms with E-state index >= 15 is 0 Å². The third-order valence-electron chi connectivity index (χ3n) is 4.92. The highest BCUT2D eigenvalue weighted by Crippen LogP contribution is 2.22. The molecule has 0 unspecified atom stereocenters. The molecule has 1 aliphatic heterocycles. The Morgan fingerprint density at radius 2 is 1.87 bits per heavy atom. The van der Waals surface area contributed by atoms with Crippen molar-refractivity contribution in [2.45, 2.75) is 58.3 Å². The smallest absolute Gasteiger partial charge is 0.234 e. The zero-order valence-electron chi connectivity index (χ0n) is 14.2. The van der Waals surface area contributed by atoms with E-state index in [1.807, 2.05) is 0 Å². The van der Waals surface area contributed by atoms with Gasteiger partial charge in [0.25, 0.3) is 0 Å². The zero-order valence-corrected chi connectivity index (χ0v) is 14.2. The van der Waals surface area contributed by atoms with Crippen molar-refractivity contribution in [2.75, 3.05) is 26.2 Å². The van der Waals surface area contributed by atoms with Crippen LogP contribution in [0.15, 0.2) is 0 Å². The normalized spacial score (nSPS) is 18.5. The van der Waals surface area contributed by atoms with Gasteiger partial charge in [-0.2, -0.15) is 0 Å². The first-order chi connectivity index (χ1) is 11.2. The van der Waals surface area contributed by atoms with Crippen LogP contribution in [0.4, 0.5) is 0 Å². The number of aryl methyl sites for hydroxylation is 2. The largest absolute Gasteiger partial charge is 0.355 e. The predicted molar refractivity (Wildman–Crippen MR) is 90.4 cm³/mol. The summed E-state index contributed by atoms with van der Waals surface area (Å²) in [7, 11) is 0. The van der Waals surface area contributed by atoms with Gasteiger partial charge in [0.1, 0.15) is 5.82 Å². The number of amides is 1. The highest BCUT2D eigenvalue weighted by Gasteiger charge is 2.17. The van der Waals surface area contributed by atoms with Crippen LogP contribution < -0.4 is 5.32 Å². The first kappa shape index (κ1) is 16.4. The predicted octanol–water partition coefficient (Wildman–Crippen LogP) is 1.81. The van der Waals surface area contributed by atoms with E-state index in [2.05, 4.69) is 27.1 Å². The molecule has 1 amide bonds. The molecule has 23 heavy (non-hydrogen) atoms. The second-order valence-electron chi connectivity index (χ2n) is 6.79. The van der Waals surface area contributed by atoms with Crippen LogP contribution in [0.1, 0.15) is 54.9 Å². The van der Waals surface area contributed by atoms with Crippen LogP contribution in [-0.4, -0.2) is 47.0 Å². The van der Waals surface area contributed by atoms with E-state index < -0.39 is 0 Å². The van der Waals surface area contributed by atoms with Gasteiger partial charge in [0.2, 0.25) is 5.91 Å². The van der Waals surface area contributed by atoms with E-state index in [0.717, 1.165) is 43.9 Å². The molecule has 1 saturated heterocycles. The molecule has 0 saturated carbocycles. The lowest BCUT2D eigenvalue weighted by molar-refractivity contribution is -0.122. The second kappa shape index (κ2) is 7.86. The molecule has 1 aromatic rings. The number of nitrogens with one attached hydrogen (secondary N) is 1. The molecule has 5 nitrogen and oxygen atoms in total. The summed E-state index contributed by atoms with van der Waals surface area (Å²) < 4.78 is 0. The van der Waals surface area contributed by atoms with Crippen molar-refractivity contribution in [3.05, 3.63) is 22.8 Å². The van der Waals surface area contributed by atoms with E-state index in [9.17, 15) is 4.79 Å². The third-order valence-corrected chi connectivity index (χ3v) is 4.92. The fraction of sp³-hybridized carbons (Fsp3) is 0.722. The maximum absolute atomic E-state index is 12.1. The minimum absolute atomic E-state index is 0.129. The molecule has 0 atom stereocenters. The van der Waals surface area contributed by atoms with Gasteiger partial charge in [-0.3, -0.25) is 9.69 Å². The summed E-state index contributed by atoms with van der Waals surface area (Å²) in [6, 6.07) is 0. The highest BCUT2D eigenvalue weighted by atomic mass is 16.2. The summed E-state index contributed by atoms with van der Waals surface area (Å²) in [5.41, 5.74) is 3.70. The quantitative estimate of drug-likeness (QED) is 0.900. The van der Waals surface area contributed by atoms with Gasteiger partial charge >= 0.3 is 0 Å². The number of carbonyl (C=O) groups excluding carboxylic acids is 1. The molecule has 1 aliphatic carbocycles. The van der Waals surface area contributed by atoms with Crippen LogP contribution in [0.25, 0.3) is 0 Å². The molecule has 1 aromatic heterocycles. The van der Waals surface area contributed by atoms with Crippen LogP contribution in [0, 0.1) is 6.92 Å². The lowest BCUT2D eigenvalue weighted by Gasteiger charge is -2.18. The van der Waals surface area contributed by atoms with E-state index in [1.54, 1.807) is 0 Å². The van der Waals surface area contributed by atoms with Crippen molar-refractivity contribution in [3.63, 3.8) is 0 Å². The number of likely N-dealkylation sites (tertiary alicyclic amines) is 1. The van der Waals surface area contributed by atoms with Crippen LogP contribution in [0.3, 0.4) is 0 Å². The fourth-order valence-corrected chi connectivity index (χ4v) is 3.66. The van der Waals surface area contributed by atoms with Gasteiger partial charge in [0.05, 0.1) is 6.54 Å². The maximum Gasteiger partial charge on any atom is 0.234 e. The molecule has 0 aromatic carbocycles. The molecule has 0 bridgehead atoms. The molecule has 2 heterocycles. The summed E-state index contributed by atoms with van der Waals surface area (Å²) in [6.45, 7) is 5.35. The molecule has 1 N–H and O–H groups in total. The number of fused-ring (bicyclic) bond motifs is 1. The second-order valence-corrected chi connectivity index (χ2v) is 6.79. The van der Waals surface area contributed by atoms with Gasteiger partial charge in [0.15, 0.2) is 0 Å². The number of hydrogen-bond acceptors (Lipinski definition) is 4. The fourth-order valence-electron chi connectivity index (χ4n) is 3.66. The summed E-state index contributed by atoms with van der Waals surface area (Å²) in [6.07, 6.45) is 9.15. The molecule has 2 aliphatic rings. The zero-order chi connectivity index (χ0) is 16.1. The first-order valence-corrected chi connectivity index (χ1v) is 9.07. The lowest BCUT2D eigenvalue weighted by atomic mass is 10.2. The molecular weight excluding hydrogens is 288 g/mol. The Balaban J connectivity index is 1.44. The Labute approximate surface area is 138 Å². The van der Waals surface area contributed by atoms with Crippen molar-refractivity contribution >= 4 is 5.91 Å². The Kier molecular flexibility index (Phi) is 5.60.